The van der Waals surface area contributed by atoms with E-state index in [0.29, 0.717) is 15.7 Å². The van der Waals surface area contributed by atoms with Gasteiger partial charge in [0.15, 0.2) is 5.11 Å². The summed E-state index contributed by atoms with van der Waals surface area (Å²) in [5, 5.41) is 9.18. The smallest absolute Gasteiger partial charge is 0.228 e. The van der Waals surface area contributed by atoms with Crippen LogP contribution >= 0.6 is 70.2 Å². The predicted octanol–water partition coefficient (Wildman–Crippen LogP) is 5.34. The molecule has 0 radical (unpaired) electrons. The van der Waals surface area contributed by atoms with Crippen molar-refractivity contribution in [3.8, 4) is 0 Å². The van der Waals surface area contributed by atoms with Gasteiger partial charge in [-0.05, 0) is 36.0 Å². The zero-order valence-electron chi connectivity index (χ0n) is 13.6. The predicted molar refractivity (Wildman–Crippen MR) is 118 cm³/mol. The van der Waals surface area contributed by atoms with Crippen molar-refractivity contribution >= 4 is 86.9 Å². The molecule has 0 heterocycles. The van der Waals surface area contributed by atoms with Gasteiger partial charge in [-0.3, -0.25) is 4.79 Å². The van der Waals surface area contributed by atoms with Gasteiger partial charge in [-0.1, -0.05) is 88.3 Å². The van der Waals surface area contributed by atoms with Crippen LogP contribution in [0.4, 0.5) is 5.69 Å². The lowest BCUT2D eigenvalue weighted by molar-refractivity contribution is -0.121. The Labute approximate surface area is 187 Å². The molecule has 0 aliphatic carbocycles. The lowest BCUT2D eigenvalue weighted by Gasteiger charge is -2.27. The summed E-state index contributed by atoms with van der Waals surface area (Å²) in [6, 6.07) is 14.1. The molecule has 144 valence electrons. The number of amides is 1. The SMILES string of the molecule is O=C(Cc1ccccc1)NC(NC(=S)Nc1ccc(Cl)c(Cl)c1)C(Cl)(Cl)Cl. The first-order chi connectivity index (χ1) is 12.6. The highest BCUT2D eigenvalue weighted by molar-refractivity contribution is 7.80. The quantitative estimate of drug-likeness (QED) is 0.304. The molecule has 1 unspecified atom stereocenters. The molecule has 0 saturated heterocycles. The average Bonchev–Trinajstić information content (AvgIpc) is 2.57. The summed E-state index contributed by atoms with van der Waals surface area (Å²) in [5.74, 6) is -0.331. The van der Waals surface area contributed by atoms with Crippen molar-refractivity contribution in [2.45, 2.75) is 16.4 Å². The minimum absolute atomic E-state index is 0.129. The zero-order chi connectivity index (χ0) is 20.0. The van der Waals surface area contributed by atoms with Crippen LogP contribution in [-0.2, 0) is 11.2 Å². The molecule has 1 amide bonds. The van der Waals surface area contributed by atoms with Crippen LogP contribution in [0.15, 0.2) is 48.5 Å². The molecular weight excluding hydrogens is 472 g/mol. The molecule has 0 aliphatic heterocycles. The van der Waals surface area contributed by atoms with Crippen LogP contribution in [0, 0.1) is 0 Å². The summed E-state index contributed by atoms with van der Waals surface area (Å²) in [7, 11) is 0. The van der Waals surface area contributed by atoms with E-state index < -0.39 is 9.96 Å². The maximum atomic E-state index is 12.3. The molecule has 2 rings (SSSR count). The van der Waals surface area contributed by atoms with Crippen LogP contribution in [0.3, 0.4) is 0 Å². The summed E-state index contributed by atoms with van der Waals surface area (Å²) in [6.45, 7) is 0. The second kappa shape index (κ2) is 10.0. The maximum absolute atomic E-state index is 12.3. The number of carbonyl (C=O) groups excluding carboxylic acids is 1. The molecule has 10 heteroatoms. The van der Waals surface area contributed by atoms with E-state index in [4.69, 9.17) is 70.2 Å². The van der Waals surface area contributed by atoms with Crippen molar-refractivity contribution < 1.29 is 4.79 Å². The fourth-order valence-corrected chi connectivity index (χ4v) is 2.93. The van der Waals surface area contributed by atoms with Gasteiger partial charge in [-0.25, -0.2) is 0 Å². The first-order valence-corrected chi connectivity index (χ1v) is 9.87. The Morgan fingerprint density at radius 3 is 2.26 bits per heavy atom. The lowest BCUT2D eigenvalue weighted by Crippen LogP contribution is -2.56. The summed E-state index contributed by atoms with van der Waals surface area (Å²) >= 11 is 35.0. The van der Waals surface area contributed by atoms with Gasteiger partial charge in [-0.2, -0.15) is 0 Å². The number of benzene rings is 2. The first-order valence-electron chi connectivity index (χ1n) is 7.58. The van der Waals surface area contributed by atoms with E-state index in [0.717, 1.165) is 5.56 Å². The minimum Gasteiger partial charge on any atom is -0.339 e. The summed E-state index contributed by atoms with van der Waals surface area (Å²) < 4.78 is -1.84. The van der Waals surface area contributed by atoms with Gasteiger partial charge < -0.3 is 16.0 Å². The molecule has 0 bridgehead atoms. The highest BCUT2D eigenvalue weighted by Gasteiger charge is 2.34. The van der Waals surface area contributed by atoms with Crippen molar-refractivity contribution in [2.75, 3.05) is 5.32 Å². The van der Waals surface area contributed by atoms with Crippen LogP contribution in [0.2, 0.25) is 10.0 Å². The molecule has 3 N–H and O–H groups in total. The number of thiocarbonyl (C=S) groups is 1. The number of nitrogens with one attached hydrogen (secondary N) is 3. The van der Waals surface area contributed by atoms with E-state index >= 15 is 0 Å². The van der Waals surface area contributed by atoms with E-state index in [-0.39, 0.29) is 17.4 Å². The van der Waals surface area contributed by atoms with Crippen LogP contribution in [-0.4, -0.2) is 21.0 Å². The molecular formula is C17H14Cl5N3OS. The van der Waals surface area contributed by atoms with Crippen LogP contribution in [0.5, 0.6) is 0 Å². The first kappa shape index (κ1) is 22.3. The van der Waals surface area contributed by atoms with Crippen molar-refractivity contribution in [3.63, 3.8) is 0 Å². The monoisotopic (exact) mass is 483 g/mol. The van der Waals surface area contributed by atoms with E-state index in [1.165, 1.54) is 0 Å². The van der Waals surface area contributed by atoms with E-state index in [2.05, 4.69) is 16.0 Å². The molecule has 4 nitrogen and oxygen atoms in total. The van der Waals surface area contributed by atoms with Crippen LogP contribution < -0.4 is 16.0 Å². The normalized spacial score (nSPS) is 12.2. The second-order valence-electron chi connectivity index (χ2n) is 5.43. The third-order valence-electron chi connectivity index (χ3n) is 3.29. The molecule has 0 saturated carbocycles. The van der Waals surface area contributed by atoms with Crippen molar-refractivity contribution in [3.05, 3.63) is 64.1 Å². The van der Waals surface area contributed by atoms with Gasteiger partial charge in [0.05, 0.1) is 16.5 Å². The highest BCUT2D eigenvalue weighted by Crippen LogP contribution is 2.29. The van der Waals surface area contributed by atoms with Crippen molar-refractivity contribution in [1.82, 2.24) is 10.6 Å². The fourth-order valence-electron chi connectivity index (χ4n) is 2.07. The number of alkyl halides is 3. The number of carbonyl (C=O) groups is 1. The van der Waals surface area contributed by atoms with Gasteiger partial charge in [0, 0.05) is 5.69 Å². The number of hydrogen-bond donors (Lipinski definition) is 3. The number of rotatable bonds is 5. The Morgan fingerprint density at radius 2 is 1.67 bits per heavy atom. The zero-order valence-corrected chi connectivity index (χ0v) is 18.2. The summed E-state index contributed by atoms with van der Waals surface area (Å²) in [5.41, 5.74) is 1.41. The molecule has 0 aliphatic rings. The maximum Gasteiger partial charge on any atom is 0.228 e. The lowest BCUT2D eigenvalue weighted by atomic mass is 10.1. The largest absolute Gasteiger partial charge is 0.339 e. The minimum atomic E-state index is -1.84. The van der Waals surface area contributed by atoms with Gasteiger partial charge in [0.2, 0.25) is 9.70 Å². The summed E-state index contributed by atoms with van der Waals surface area (Å²) in [6.07, 6.45) is -0.922. The molecule has 0 fully saturated rings. The highest BCUT2D eigenvalue weighted by atomic mass is 35.6. The molecule has 2 aromatic rings. The number of halogens is 5. The van der Waals surface area contributed by atoms with E-state index in [1.807, 2.05) is 30.3 Å². The number of anilines is 1. The van der Waals surface area contributed by atoms with E-state index in [1.54, 1.807) is 18.2 Å². The van der Waals surface area contributed by atoms with Crippen molar-refractivity contribution in [1.29, 1.82) is 0 Å². The third kappa shape index (κ3) is 7.53. The number of hydrogen-bond acceptors (Lipinski definition) is 2. The standard InChI is InChI=1S/C17H14Cl5N3OS/c18-12-7-6-11(9-13(12)19)23-16(27)25-15(17(20,21)22)24-14(26)8-10-4-2-1-3-5-10/h1-7,9,15H,8H2,(H,24,26)(H2,23,25,27). The molecule has 0 aromatic heterocycles. The van der Waals surface area contributed by atoms with Gasteiger partial charge in [-0.15, -0.1) is 0 Å². The third-order valence-corrected chi connectivity index (χ3v) is 4.91. The van der Waals surface area contributed by atoms with E-state index in [9.17, 15) is 4.79 Å². The molecule has 2 aromatic carbocycles. The van der Waals surface area contributed by atoms with Gasteiger partial charge in [0.25, 0.3) is 0 Å². The molecule has 1 atom stereocenters. The topological polar surface area (TPSA) is 53.2 Å². The summed E-state index contributed by atoms with van der Waals surface area (Å²) in [4.78, 5) is 12.3. The fraction of sp³-hybridized carbons (Fsp3) is 0.176. The average molecular weight is 486 g/mol. The second-order valence-corrected chi connectivity index (χ2v) is 9.02. The van der Waals surface area contributed by atoms with Gasteiger partial charge >= 0.3 is 0 Å². The Kier molecular flexibility index (Phi) is 8.28. The Bertz CT molecular complexity index is 814. The Morgan fingerprint density at radius 1 is 1.00 bits per heavy atom. The Hall–Kier alpha value is -0.950. The molecule has 0 spiro atoms. The molecule has 27 heavy (non-hydrogen) atoms. The van der Waals surface area contributed by atoms with Gasteiger partial charge in [0.1, 0.15) is 6.17 Å². The van der Waals surface area contributed by atoms with Crippen LogP contribution in [0.1, 0.15) is 5.56 Å². The Balaban J connectivity index is 2.00. The van der Waals surface area contributed by atoms with Crippen molar-refractivity contribution in [2.24, 2.45) is 0 Å². The van der Waals surface area contributed by atoms with Crippen LogP contribution in [0.25, 0.3) is 0 Å².